The summed E-state index contributed by atoms with van der Waals surface area (Å²) in [5, 5.41) is 21.8. The first-order valence-corrected chi connectivity index (χ1v) is 22.2. The van der Waals surface area contributed by atoms with Crippen LogP contribution in [0.1, 0.15) is 194 Å². The maximum absolute atomic E-state index is 12.3. The molecule has 0 radical (unpaired) electrons. The molecule has 11 nitrogen and oxygen atoms in total. The largest absolute Gasteiger partial charge is 0.480 e. The summed E-state index contributed by atoms with van der Waals surface area (Å²) in [6.45, 7) is 2.55. The average Bonchev–Trinajstić information content (AvgIpc) is 3.11. The lowest BCUT2D eigenvalue weighted by molar-refractivity contribution is -0.147. The number of aliphatic hydroxyl groups excluding tert-OH is 1. The first kappa shape index (κ1) is 50.2. The number of esters is 1. The van der Waals surface area contributed by atoms with E-state index in [-0.39, 0.29) is 12.8 Å². The van der Waals surface area contributed by atoms with Gasteiger partial charge in [0.15, 0.2) is 6.04 Å². The van der Waals surface area contributed by atoms with Gasteiger partial charge in [-0.2, -0.15) is 0 Å². The molecule has 0 aromatic carbocycles. The summed E-state index contributed by atoms with van der Waals surface area (Å²) >= 11 is 0. The average molecular weight is 762 g/mol. The summed E-state index contributed by atoms with van der Waals surface area (Å²) in [5.41, 5.74) is 0. The van der Waals surface area contributed by atoms with E-state index in [4.69, 9.17) is 13.8 Å². The molecule has 0 heterocycles. The molecule has 3 atom stereocenters. The summed E-state index contributed by atoms with van der Waals surface area (Å²) in [6, 6.07) is -1.54. The number of carbonyl (C=O) groups excluding carboxylic acids is 2. The zero-order chi connectivity index (χ0) is 38.5. The summed E-state index contributed by atoms with van der Waals surface area (Å²) in [7, 11) is -4.75. The van der Waals surface area contributed by atoms with Crippen molar-refractivity contribution in [3.63, 3.8) is 0 Å². The van der Waals surface area contributed by atoms with E-state index in [2.05, 4.69) is 31.3 Å². The second-order valence-corrected chi connectivity index (χ2v) is 15.6. The topological polar surface area (TPSA) is 169 Å². The van der Waals surface area contributed by atoms with E-state index < -0.39 is 57.6 Å². The Labute approximate surface area is 316 Å². The first-order chi connectivity index (χ1) is 25.1. The number of aliphatic carboxylic acids is 1. The number of nitrogens with one attached hydrogen (secondary N) is 1. The number of carboxylic acids is 1. The lowest BCUT2D eigenvalue weighted by Gasteiger charge is -2.18. The van der Waals surface area contributed by atoms with Crippen molar-refractivity contribution in [3.05, 3.63) is 12.2 Å². The van der Waals surface area contributed by atoms with E-state index >= 15 is 0 Å². The standard InChI is InChI=1S/C40H76NO10P/c1-3-5-7-9-11-13-15-16-17-18-19-20-22-23-25-27-29-31-38(43)41-37(40(45)46)35-51-52(47,48)50-34-36(42)33-49-39(44)32-30-28-26-24-21-14-12-10-8-6-4-2/h10,12,36-37,42H,3-9,11,13-35H2,1-2H3,(H,41,43)(H,45,46)(H,47,48)/b12-10-. The third kappa shape index (κ3) is 35.3. The molecule has 52 heavy (non-hydrogen) atoms. The van der Waals surface area contributed by atoms with Gasteiger partial charge in [-0.05, 0) is 32.1 Å². The van der Waals surface area contributed by atoms with Gasteiger partial charge in [0.2, 0.25) is 5.91 Å². The van der Waals surface area contributed by atoms with Gasteiger partial charge in [0.25, 0.3) is 0 Å². The number of allylic oxidation sites excluding steroid dienone is 2. The molecule has 0 saturated heterocycles. The molecule has 0 aromatic heterocycles. The molecule has 0 aliphatic carbocycles. The van der Waals surface area contributed by atoms with Crippen LogP contribution in [0.2, 0.25) is 0 Å². The minimum absolute atomic E-state index is 0.150. The van der Waals surface area contributed by atoms with Crippen molar-refractivity contribution in [2.75, 3.05) is 19.8 Å². The number of hydrogen-bond acceptors (Lipinski definition) is 8. The Balaban J connectivity index is 3.91. The van der Waals surface area contributed by atoms with E-state index in [1.54, 1.807) is 0 Å². The summed E-state index contributed by atoms with van der Waals surface area (Å²) < 4.78 is 26.7. The van der Waals surface area contributed by atoms with Crippen LogP contribution >= 0.6 is 7.82 Å². The minimum atomic E-state index is -4.75. The maximum atomic E-state index is 12.3. The Bertz CT molecular complexity index is 947. The van der Waals surface area contributed by atoms with Crippen LogP contribution in [0.15, 0.2) is 12.2 Å². The van der Waals surface area contributed by atoms with Crippen LogP contribution in [0.4, 0.5) is 0 Å². The van der Waals surface area contributed by atoms with Crippen molar-refractivity contribution < 1.29 is 47.8 Å². The Morgan fingerprint density at radius 2 is 1.02 bits per heavy atom. The highest BCUT2D eigenvalue weighted by atomic mass is 31.2. The highest BCUT2D eigenvalue weighted by Gasteiger charge is 2.28. The SMILES string of the molecule is CCCC/C=C\CCCCCCCC(=O)OCC(O)COP(=O)(O)OCC(NC(=O)CCCCCCCCCCCCCCCCCCC)C(=O)O. The quantitative estimate of drug-likeness (QED) is 0.0205. The molecule has 0 spiro atoms. The maximum Gasteiger partial charge on any atom is 0.472 e. The fourth-order valence-corrected chi connectivity index (χ4v) is 6.54. The molecule has 4 N–H and O–H groups in total. The van der Waals surface area contributed by atoms with Gasteiger partial charge >= 0.3 is 19.8 Å². The number of unbranched alkanes of at least 4 members (excludes halogenated alkanes) is 23. The van der Waals surface area contributed by atoms with Crippen LogP contribution in [0.3, 0.4) is 0 Å². The van der Waals surface area contributed by atoms with Gasteiger partial charge in [-0.1, -0.05) is 161 Å². The van der Waals surface area contributed by atoms with Gasteiger partial charge in [0.05, 0.1) is 13.2 Å². The van der Waals surface area contributed by atoms with E-state index in [0.29, 0.717) is 12.8 Å². The van der Waals surface area contributed by atoms with Crippen molar-refractivity contribution in [1.82, 2.24) is 5.32 Å². The minimum Gasteiger partial charge on any atom is -0.480 e. The predicted molar refractivity (Wildman–Crippen MR) is 208 cm³/mol. The van der Waals surface area contributed by atoms with Crippen LogP contribution in [-0.4, -0.2) is 64.9 Å². The van der Waals surface area contributed by atoms with Crippen LogP contribution in [0, 0.1) is 0 Å². The van der Waals surface area contributed by atoms with Crippen molar-refractivity contribution in [1.29, 1.82) is 0 Å². The number of hydrogen-bond donors (Lipinski definition) is 4. The van der Waals surface area contributed by atoms with Crippen LogP contribution in [0.5, 0.6) is 0 Å². The lowest BCUT2D eigenvalue weighted by Crippen LogP contribution is -2.43. The Kier molecular flexibility index (Phi) is 35.0. The Hall–Kier alpha value is -1.78. The van der Waals surface area contributed by atoms with Crippen LogP contribution in [-0.2, 0) is 32.7 Å². The normalized spacial score (nSPS) is 13.9. The predicted octanol–water partition coefficient (Wildman–Crippen LogP) is 10.1. The van der Waals surface area contributed by atoms with E-state index in [0.717, 1.165) is 57.8 Å². The van der Waals surface area contributed by atoms with Gasteiger partial charge in [0.1, 0.15) is 12.7 Å². The third-order valence-corrected chi connectivity index (χ3v) is 10.0. The lowest BCUT2D eigenvalue weighted by atomic mass is 10.0. The Morgan fingerprint density at radius 3 is 1.52 bits per heavy atom. The molecular formula is C40H76NO10P. The second kappa shape index (κ2) is 36.2. The number of phosphoric ester groups is 1. The molecule has 3 unspecified atom stereocenters. The monoisotopic (exact) mass is 762 g/mol. The molecule has 0 aliphatic heterocycles. The number of amides is 1. The summed E-state index contributed by atoms with van der Waals surface area (Å²) in [6.07, 6.45) is 33.8. The highest BCUT2D eigenvalue weighted by Crippen LogP contribution is 2.43. The number of aliphatic hydroxyl groups is 1. The van der Waals surface area contributed by atoms with Gasteiger partial charge in [-0.3, -0.25) is 18.6 Å². The zero-order valence-corrected chi connectivity index (χ0v) is 33.8. The third-order valence-electron chi connectivity index (χ3n) is 9.05. The summed E-state index contributed by atoms with van der Waals surface area (Å²) in [5.74, 6) is -2.37. The molecule has 0 aromatic rings. The van der Waals surface area contributed by atoms with E-state index in [1.165, 1.54) is 96.3 Å². The number of carboxylic acid groups (broad SMARTS) is 1. The van der Waals surface area contributed by atoms with Gasteiger partial charge in [-0.25, -0.2) is 9.36 Å². The molecule has 0 fully saturated rings. The van der Waals surface area contributed by atoms with Crippen molar-refractivity contribution in [2.24, 2.45) is 0 Å². The van der Waals surface area contributed by atoms with Crippen molar-refractivity contribution in [3.8, 4) is 0 Å². The van der Waals surface area contributed by atoms with Gasteiger partial charge in [0, 0.05) is 12.8 Å². The molecule has 306 valence electrons. The smallest absolute Gasteiger partial charge is 0.472 e. The molecule has 1 amide bonds. The van der Waals surface area contributed by atoms with Crippen LogP contribution < -0.4 is 5.32 Å². The number of ether oxygens (including phenoxy) is 1. The summed E-state index contributed by atoms with van der Waals surface area (Å²) in [4.78, 5) is 45.8. The molecule has 0 bridgehead atoms. The van der Waals surface area contributed by atoms with Crippen LogP contribution in [0.25, 0.3) is 0 Å². The van der Waals surface area contributed by atoms with Crippen molar-refractivity contribution in [2.45, 2.75) is 206 Å². The van der Waals surface area contributed by atoms with Gasteiger partial charge in [-0.15, -0.1) is 0 Å². The second-order valence-electron chi connectivity index (χ2n) is 14.2. The zero-order valence-electron chi connectivity index (χ0n) is 32.9. The van der Waals surface area contributed by atoms with Gasteiger partial charge < -0.3 is 25.2 Å². The fourth-order valence-electron chi connectivity index (χ4n) is 5.77. The molecule has 0 rings (SSSR count). The molecule has 0 saturated carbocycles. The highest BCUT2D eigenvalue weighted by molar-refractivity contribution is 7.47. The number of rotatable bonds is 39. The molecular weight excluding hydrogens is 685 g/mol. The Morgan fingerprint density at radius 1 is 0.596 bits per heavy atom. The van der Waals surface area contributed by atoms with E-state index in [1.807, 2.05) is 0 Å². The molecule has 0 aliphatic rings. The van der Waals surface area contributed by atoms with E-state index in [9.17, 15) is 34.1 Å². The number of phosphoric acid groups is 1. The fraction of sp³-hybridized carbons (Fsp3) is 0.875. The van der Waals surface area contributed by atoms with Crippen molar-refractivity contribution >= 4 is 25.7 Å². The molecule has 12 heteroatoms. The number of carbonyl (C=O) groups is 3. The first-order valence-electron chi connectivity index (χ1n) is 20.7.